The molecule has 2 heterocycles. The van der Waals surface area contributed by atoms with E-state index in [1.807, 2.05) is 24.3 Å². The number of nitrogens with zero attached hydrogens (tertiary/aromatic N) is 4. The van der Waals surface area contributed by atoms with E-state index in [1.54, 1.807) is 19.4 Å². The van der Waals surface area contributed by atoms with Gasteiger partial charge in [-0.25, -0.2) is 9.37 Å². The fourth-order valence-corrected chi connectivity index (χ4v) is 3.93. The molecule has 0 aliphatic carbocycles. The molecule has 1 saturated heterocycles. The van der Waals surface area contributed by atoms with Gasteiger partial charge in [-0.05, 0) is 24.1 Å². The molecule has 3 rings (SSSR count). The minimum Gasteiger partial charge on any atom is -0.371 e. The Morgan fingerprint density at radius 1 is 1.30 bits per heavy atom. The molecule has 1 aromatic heterocycles. The lowest BCUT2D eigenvalue weighted by atomic mass is 10.1. The van der Waals surface area contributed by atoms with Crippen LogP contribution in [0.2, 0.25) is 0 Å². The fraction of sp³-hybridized carbons (Fsp3) is 0.429. The Morgan fingerprint density at radius 3 is 2.80 bits per heavy atom. The molecule has 0 bridgehead atoms. The molecule has 1 aliphatic rings. The lowest BCUT2D eigenvalue weighted by molar-refractivity contribution is -0.0297. The summed E-state index contributed by atoms with van der Waals surface area (Å²) in [5, 5.41) is 16.7. The second kappa shape index (κ2) is 11.1. The Hall–Kier alpha value is -2.36. The first kappa shape index (κ1) is 22.3. The van der Waals surface area contributed by atoms with Crippen molar-refractivity contribution in [2.45, 2.75) is 19.2 Å². The summed E-state index contributed by atoms with van der Waals surface area (Å²) in [6, 6.07) is 7.52. The lowest BCUT2D eigenvalue weighted by Gasteiger charge is -2.33. The van der Waals surface area contributed by atoms with Crippen molar-refractivity contribution in [3.05, 3.63) is 59.7 Å². The van der Waals surface area contributed by atoms with E-state index in [2.05, 4.69) is 14.9 Å². The second-order valence-electron chi connectivity index (χ2n) is 7.04. The number of thioether (sulfide) groups is 1. The number of morpholine rings is 1. The number of nitrogens with one attached hydrogen (secondary N) is 2. The van der Waals surface area contributed by atoms with Gasteiger partial charge in [-0.1, -0.05) is 36.0 Å². The highest BCUT2D eigenvalue weighted by Gasteiger charge is 2.22. The van der Waals surface area contributed by atoms with Crippen LogP contribution in [0.15, 0.2) is 42.9 Å². The van der Waals surface area contributed by atoms with E-state index in [0.717, 1.165) is 37.4 Å². The SMILES string of the molecule is CN(C(=N)SCCCN1CCOC(c2ccc(CF)cc2)C1)C(=N)c1cnccn1. The van der Waals surface area contributed by atoms with Crippen LogP contribution in [-0.2, 0) is 11.4 Å². The van der Waals surface area contributed by atoms with Crippen LogP contribution < -0.4 is 0 Å². The Bertz CT molecular complexity index is 835. The third-order valence-electron chi connectivity index (χ3n) is 4.96. The van der Waals surface area contributed by atoms with Crippen LogP contribution in [0.25, 0.3) is 0 Å². The first-order valence-corrected chi connectivity index (χ1v) is 10.9. The number of benzene rings is 1. The number of hydrogen-bond donors (Lipinski definition) is 2. The summed E-state index contributed by atoms with van der Waals surface area (Å²) in [7, 11) is 1.70. The molecule has 0 saturated carbocycles. The minimum atomic E-state index is -0.446. The van der Waals surface area contributed by atoms with Gasteiger partial charge in [-0.2, -0.15) is 0 Å². The van der Waals surface area contributed by atoms with Gasteiger partial charge in [0.05, 0.1) is 18.9 Å². The molecule has 30 heavy (non-hydrogen) atoms. The lowest BCUT2D eigenvalue weighted by Crippen LogP contribution is -2.39. The maximum absolute atomic E-state index is 12.7. The van der Waals surface area contributed by atoms with Crippen molar-refractivity contribution in [3.8, 4) is 0 Å². The van der Waals surface area contributed by atoms with E-state index < -0.39 is 6.67 Å². The van der Waals surface area contributed by atoms with E-state index in [1.165, 1.54) is 22.9 Å². The van der Waals surface area contributed by atoms with Gasteiger partial charge in [0.25, 0.3) is 0 Å². The van der Waals surface area contributed by atoms with Gasteiger partial charge in [-0.3, -0.25) is 20.7 Å². The highest BCUT2D eigenvalue weighted by atomic mass is 32.2. The van der Waals surface area contributed by atoms with Crippen molar-refractivity contribution in [3.63, 3.8) is 0 Å². The summed E-state index contributed by atoms with van der Waals surface area (Å²) in [4.78, 5) is 12.0. The molecule has 1 unspecified atom stereocenters. The van der Waals surface area contributed by atoms with Crippen molar-refractivity contribution in [1.29, 1.82) is 10.8 Å². The fourth-order valence-electron chi connectivity index (χ4n) is 3.18. The van der Waals surface area contributed by atoms with Gasteiger partial charge in [0.2, 0.25) is 0 Å². The average Bonchev–Trinajstić information content (AvgIpc) is 2.81. The molecule has 1 fully saturated rings. The Kier molecular flexibility index (Phi) is 8.30. The molecule has 9 heteroatoms. The molecule has 2 N–H and O–H groups in total. The van der Waals surface area contributed by atoms with Gasteiger partial charge in [0.15, 0.2) is 11.0 Å². The first-order chi connectivity index (χ1) is 14.6. The third-order valence-corrected chi connectivity index (χ3v) is 6.00. The van der Waals surface area contributed by atoms with Crippen molar-refractivity contribution < 1.29 is 9.13 Å². The van der Waals surface area contributed by atoms with Crippen LogP contribution in [-0.4, -0.2) is 69.8 Å². The number of amidine groups is 2. The Balaban J connectivity index is 1.40. The number of halogens is 1. The predicted octanol–water partition coefficient (Wildman–Crippen LogP) is 3.33. The van der Waals surface area contributed by atoms with Crippen molar-refractivity contribution in [2.24, 2.45) is 0 Å². The maximum Gasteiger partial charge on any atom is 0.161 e. The molecular weight excluding hydrogens is 403 g/mol. The van der Waals surface area contributed by atoms with E-state index in [9.17, 15) is 4.39 Å². The van der Waals surface area contributed by atoms with E-state index >= 15 is 0 Å². The van der Waals surface area contributed by atoms with E-state index in [0.29, 0.717) is 23.0 Å². The molecule has 1 aliphatic heterocycles. The molecule has 0 spiro atoms. The van der Waals surface area contributed by atoms with Crippen molar-refractivity contribution in [1.82, 2.24) is 19.8 Å². The summed E-state index contributed by atoms with van der Waals surface area (Å²) in [6.45, 7) is 2.86. The zero-order valence-corrected chi connectivity index (χ0v) is 17.9. The minimum absolute atomic E-state index is 0.0111. The number of rotatable bonds is 7. The predicted molar refractivity (Wildman–Crippen MR) is 118 cm³/mol. The maximum atomic E-state index is 12.7. The van der Waals surface area contributed by atoms with Crippen LogP contribution in [0.4, 0.5) is 4.39 Å². The van der Waals surface area contributed by atoms with Crippen LogP contribution >= 0.6 is 11.8 Å². The molecular formula is C21H27FN6OS. The third kappa shape index (κ3) is 6.07. The standard InChI is InChI=1S/C21H27FN6OS/c1-27(20(23)18-14-25-7-8-26-18)21(24)30-12-2-9-28-10-11-29-19(15-28)17-5-3-16(13-22)4-6-17/h3-8,14,19,23-24H,2,9-13,15H2,1H3. The van der Waals surface area contributed by atoms with E-state index in [-0.39, 0.29) is 11.9 Å². The summed E-state index contributed by atoms with van der Waals surface area (Å²) < 4.78 is 18.6. The van der Waals surface area contributed by atoms with Crippen LogP contribution in [0.5, 0.6) is 0 Å². The van der Waals surface area contributed by atoms with E-state index in [4.69, 9.17) is 15.6 Å². The van der Waals surface area contributed by atoms with Crippen LogP contribution in [0.3, 0.4) is 0 Å². The first-order valence-electron chi connectivity index (χ1n) is 9.87. The molecule has 0 amide bonds. The molecule has 0 radical (unpaired) electrons. The Morgan fingerprint density at radius 2 is 2.10 bits per heavy atom. The number of alkyl halides is 1. The molecule has 2 aromatic rings. The Labute approximate surface area is 180 Å². The largest absolute Gasteiger partial charge is 0.371 e. The van der Waals surface area contributed by atoms with Crippen LogP contribution in [0, 0.1) is 10.8 Å². The van der Waals surface area contributed by atoms with Crippen LogP contribution in [0.1, 0.15) is 29.3 Å². The smallest absolute Gasteiger partial charge is 0.161 e. The quantitative estimate of drug-likeness (QED) is 0.398. The molecule has 1 atom stereocenters. The zero-order chi connectivity index (χ0) is 21.3. The number of aromatic nitrogens is 2. The topological polar surface area (TPSA) is 89.2 Å². The second-order valence-corrected chi connectivity index (χ2v) is 8.12. The summed E-state index contributed by atoms with van der Waals surface area (Å²) >= 11 is 1.42. The zero-order valence-electron chi connectivity index (χ0n) is 17.1. The monoisotopic (exact) mass is 430 g/mol. The highest BCUT2D eigenvalue weighted by molar-refractivity contribution is 8.13. The normalized spacial score (nSPS) is 16.9. The molecule has 7 nitrogen and oxygen atoms in total. The van der Waals surface area contributed by atoms with Crippen molar-refractivity contribution >= 4 is 22.8 Å². The van der Waals surface area contributed by atoms with Crippen molar-refractivity contribution in [2.75, 3.05) is 39.0 Å². The van der Waals surface area contributed by atoms with Gasteiger partial charge >= 0.3 is 0 Å². The van der Waals surface area contributed by atoms with Gasteiger partial charge in [0.1, 0.15) is 12.4 Å². The number of ether oxygens (including phenoxy) is 1. The summed E-state index contributed by atoms with van der Waals surface area (Å²) in [5.74, 6) is 0.958. The average molecular weight is 431 g/mol. The number of hydrogen-bond acceptors (Lipinski definition) is 7. The van der Waals surface area contributed by atoms with Gasteiger partial charge in [-0.15, -0.1) is 0 Å². The summed E-state index contributed by atoms with van der Waals surface area (Å²) in [5.41, 5.74) is 2.21. The summed E-state index contributed by atoms with van der Waals surface area (Å²) in [6.07, 6.45) is 5.58. The van der Waals surface area contributed by atoms with Gasteiger partial charge in [0, 0.05) is 38.3 Å². The molecule has 160 valence electrons. The molecule has 1 aromatic carbocycles. The van der Waals surface area contributed by atoms with Gasteiger partial charge < -0.3 is 9.64 Å². The highest BCUT2D eigenvalue weighted by Crippen LogP contribution is 2.23.